The van der Waals surface area contributed by atoms with E-state index in [-0.39, 0.29) is 60.3 Å². The molecule has 9 heteroatoms. The molecular weight excluding hydrogens is 572 g/mol. The maximum atomic E-state index is 13.9. The molecule has 0 aromatic heterocycles. The molecule has 254 valence electrons. The number of carbonyl (C=O) groups is 4. The van der Waals surface area contributed by atoms with Crippen LogP contribution in [0.4, 0.5) is 0 Å². The Morgan fingerprint density at radius 3 is 2.11 bits per heavy atom. The lowest BCUT2D eigenvalue weighted by molar-refractivity contribution is -0.149. The number of hydrogen-bond donors (Lipinski definition) is 0. The molecule has 1 aliphatic rings. The number of amides is 2. The third-order valence-corrected chi connectivity index (χ3v) is 10.0. The number of nitrogens with zero attached hydrogens (tertiary/aromatic N) is 2. The van der Waals surface area contributed by atoms with Crippen LogP contribution in [-0.2, 0) is 39.8 Å². The lowest BCUT2D eigenvalue weighted by Crippen LogP contribution is -2.53. The Balaban J connectivity index is 2.22. The fourth-order valence-corrected chi connectivity index (χ4v) is 6.68. The summed E-state index contributed by atoms with van der Waals surface area (Å²) in [4.78, 5) is 57.2. The second-order valence-electron chi connectivity index (χ2n) is 13.2. The van der Waals surface area contributed by atoms with Gasteiger partial charge in [0, 0.05) is 46.1 Å². The molecule has 1 fully saturated rings. The molecule has 2 rings (SSSR count). The number of Topliss-reactive ketones (excluding diaryl/α,β-unsaturated/α-hetero) is 1. The molecule has 1 saturated heterocycles. The summed E-state index contributed by atoms with van der Waals surface area (Å²) in [5.41, 5.74) is 0.957. The van der Waals surface area contributed by atoms with E-state index in [9.17, 15) is 19.2 Å². The largest absolute Gasteiger partial charge is 0.469 e. The number of hydrogen-bond acceptors (Lipinski definition) is 7. The maximum Gasteiger partial charge on any atom is 0.309 e. The molecule has 0 bridgehead atoms. The van der Waals surface area contributed by atoms with Crippen LogP contribution < -0.4 is 0 Å². The van der Waals surface area contributed by atoms with Crippen LogP contribution in [-0.4, -0.2) is 92.6 Å². The van der Waals surface area contributed by atoms with Gasteiger partial charge < -0.3 is 24.0 Å². The lowest BCUT2D eigenvalue weighted by Gasteiger charge is -2.40. The minimum Gasteiger partial charge on any atom is -0.469 e. The fourth-order valence-electron chi connectivity index (χ4n) is 6.68. The van der Waals surface area contributed by atoms with Crippen molar-refractivity contribution in [2.75, 3.05) is 34.9 Å². The predicted octanol–water partition coefficient (Wildman–Crippen LogP) is 5.19. The van der Waals surface area contributed by atoms with Crippen molar-refractivity contribution in [1.82, 2.24) is 9.80 Å². The average Bonchev–Trinajstić information content (AvgIpc) is 3.52. The number of ether oxygens (including phenoxy) is 3. The summed E-state index contributed by atoms with van der Waals surface area (Å²) < 4.78 is 16.9. The molecule has 0 spiro atoms. The van der Waals surface area contributed by atoms with E-state index in [1.165, 1.54) is 7.11 Å². The van der Waals surface area contributed by atoms with Crippen molar-refractivity contribution in [3.8, 4) is 0 Å². The highest BCUT2D eigenvalue weighted by molar-refractivity contribution is 5.86. The molecule has 45 heavy (non-hydrogen) atoms. The summed E-state index contributed by atoms with van der Waals surface area (Å²) in [5, 5.41) is 0. The first-order valence-corrected chi connectivity index (χ1v) is 16.6. The summed E-state index contributed by atoms with van der Waals surface area (Å²) in [5.74, 6) is -1.52. The zero-order chi connectivity index (χ0) is 33.8. The molecule has 1 aromatic rings. The molecule has 1 aromatic carbocycles. The van der Waals surface area contributed by atoms with Crippen LogP contribution in [0.2, 0.25) is 0 Å². The Bertz CT molecular complexity index is 1090. The van der Waals surface area contributed by atoms with Crippen LogP contribution in [0.5, 0.6) is 0 Å². The van der Waals surface area contributed by atoms with Gasteiger partial charge in [-0.2, -0.15) is 0 Å². The van der Waals surface area contributed by atoms with Crippen molar-refractivity contribution in [2.24, 2.45) is 29.6 Å². The number of likely N-dealkylation sites (N-methyl/N-ethyl adjacent to an activating group) is 1. The highest BCUT2D eigenvalue weighted by Crippen LogP contribution is 2.31. The smallest absolute Gasteiger partial charge is 0.309 e. The van der Waals surface area contributed by atoms with Gasteiger partial charge in [-0.25, -0.2) is 0 Å². The molecule has 1 heterocycles. The Morgan fingerprint density at radius 1 is 0.933 bits per heavy atom. The Hall–Kier alpha value is -2.78. The van der Waals surface area contributed by atoms with Gasteiger partial charge in [0.05, 0.1) is 43.7 Å². The van der Waals surface area contributed by atoms with E-state index in [4.69, 9.17) is 14.2 Å². The van der Waals surface area contributed by atoms with Gasteiger partial charge in [-0.05, 0) is 36.7 Å². The van der Waals surface area contributed by atoms with Crippen LogP contribution in [0, 0.1) is 29.6 Å². The van der Waals surface area contributed by atoms with Gasteiger partial charge in [-0.3, -0.25) is 19.2 Å². The molecule has 0 aliphatic carbocycles. The molecule has 9 nitrogen and oxygen atoms in total. The number of ketones is 1. The molecule has 0 N–H and O–H groups in total. The highest BCUT2D eigenvalue weighted by Gasteiger charge is 2.42. The van der Waals surface area contributed by atoms with Crippen LogP contribution in [0.15, 0.2) is 30.3 Å². The van der Waals surface area contributed by atoms with Gasteiger partial charge in [0.2, 0.25) is 11.8 Å². The topological polar surface area (TPSA) is 102 Å². The zero-order valence-corrected chi connectivity index (χ0v) is 29.3. The van der Waals surface area contributed by atoms with Gasteiger partial charge in [0.1, 0.15) is 5.78 Å². The second-order valence-corrected chi connectivity index (χ2v) is 13.2. The number of methoxy groups -OCH3 is 3. The van der Waals surface area contributed by atoms with Crippen molar-refractivity contribution < 1.29 is 33.4 Å². The SMILES string of the molecule is CC[C@H](C)[C@@H]([C@@H](CC(=O)N1CCC[C@H]1[C@H](OC)[C@@H](C)C(=O)C[C@@H](Cc1ccccc1)C(=O)OC)OC)N(C)C(=O)C(C)C(C)C. The van der Waals surface area contributed by atoms with Crippen LogP contribution in [0.25, 0.3) is 0 Å². The normalized spacial score (nSPS) is 19.7. The molecule has 1 aliphatic heterocycles. The summed E-state index contributed by atoms with van der Waals surface area (Å²) >= 11 is 0. The molecule has 0 saturated carbocycles. The van der Waals surface area contributed by atoms with Gasteiger partial charge in [-0.15, -0.1) is 0 Å². The first-order valence-electron chi connectivity index (χ1n) is 16.6. The highest BCUT2D eigenvalue weighted by atomic mass is 16.5. The quantitative estimate of drug-likeness (QED) is 0.206. The number of carbonyl (C=O) groups excluding carboxylic acids is 4. The standard InChI is InChI=1S/C36H58N2O7/c1-11-24(4)33(37(7)35(41)25(5)23(2)3)31(43-8)22-32(40)38-19-15-18-29(38)34(44-9)26(6)30(39)21-28(36(42)45-10)20-27-16-13-12-14-17-27/h12-14,16-17,23-26,28-29,31,33-34H,11,15,18-22H2,1-10H3/t24-,25?,26-,28+,29-,31+,33-,34+/m0/s1. The molecule has 8 atom stereocenters. The third kappa shape index (κ3) is 10.1. The second kappa shape index (κ2) is 18.4. The van der Waals surface area contributed by atoms with Crippen LogP contribution in [0.1, 0.15) is 79.2 Å². The summed E-state index contributed by atoms with van der Waals surface area (Å²) in [6.07, 6.45) is 1.88. The van der Waals surface area contributed by atoms with Crippen LogP contribution >= 0.6 is 0 Å². The Labute approximate surface area is 271 Å². The van der Waals surface area contributed by atoms with E-state index in [0.29, 0.717) is 19.4 Å². The Morgan fingerprint density at radius 2 is 1.58 bits per heavy atom. The summed E-state index contributed by atoms with van der Waals surface area (Å²) in [6.45, 7) is 12.6. The maximum absolute atomic E-state index is 13.9. The number of esters is 1. The fraction of sp³-hybridized carbons (Fsp3) is 0.722. The minimum absolute atomic E-state index is 0.0285. The minimum atomic E-state index is -0.607. The van der Waals surface area contributed by atoms with E-state index < -0.39 is 30.0 Å². The van der Waals surface area contributed by atoms with Gasteiger partial charge in [-0.1, -0.05) is 78.3 Å². The van der Waals surface area contributed by atoms with Crippen molar-refractivity contribution in [2.45, 2.75) is 104 Å². The number of rotatable bonds is 18. The van der Waals surface area contributed by atoms with Crippen molar-refractivity contribution in [3.05, 3.63) is 35.9 Å². The van der Waals surface area contributed by atoms with Gasteiger partial charge >= 0.3 is 5.97 Å². The van der Waals surface area contributed by atoms with E-state index in [0.717, 1.165) is 18.4 Å². The predicted molar refractivity (Wildman–Crippen MR) is 175 cm³/mol. The average molecular weight is 631 g/mol. The van der Waals surface area contributed by atoms with E-state index in [1.54, 1.807) is 19.1 Å². The molecule has 2 amide bonds. The first-order chi connectivity index (χ1) is 21.3. The Kier molecular flexibility index (Phi) is 15.7. The molecule has 0 radical (unpaired) electrons. The van der Waals surface area contributed by atoms with Crippen LogP contribution in [0.3, 0.4) is 0 Å². The molecular formula is C36H58N2O7. The zero-order valence-electron chi connectivity index (χ0n) is 29.3. The van der Waals surface area contributed by atoms with E-state index >= 15 is 0 Å². The van der Waals surface area contributed by atoms with Crippen molar-refractivity contribution in [1.29, 1.82) is 0 Å². The van der Waals surface area contributed by atoms with Gasteiger partial charge in [0.25, 0.3) is 0 Å². The monoisotopic (exact) mass is 630 g/mol. The molecule has 1 unspecified atom stereocenters. The lowest BCUT2D eigenvalue weighted by atomic mass is 9.85. The first kappa shape index (κ1) is 38.4. The van der Waals surface area contributed by atoms with Gasteiger partial charge in [0.15, 0.2) is 0 Å². The third-order valence-electron chi connectivity index (χ3n) is 10.0. The summed E-state index contributed by atoms with van der Waals surface area (Å²) in [6, 6.07) is 9.03. The summed E-state index contributed by atoms with van der Waals surface area (Å²) in [7, 11) is 6.34. The van der Waals surface area contributed by atoms with Crippen molar-refractivity contribution >= 4 is 23.6 Å². The van der Waals surface area contributed by atoms with E-state index in [2.05, 4.69) is 13.8 Å². The number of benzene rings is 1. The van der Waals surface area contributed by atoms with Crippen molar-refractivity contribution in [3.63, 3.8) is 0 Å². The number of likely N-dealkylation sites (tertiary alicyclic amines) is 1. The van der Waals surface area contributed by atoms with E-state index in [1.807, 2.05) is 70.0 Å².